The Balaban J connectivity index is 1.81. The number of hydrogen-bond acceptors (Lipinski definition) is 3. The van der Waals surface area contributed by atoms with E-state index < -0.39 is 0 Å². The molecule has 1 aromatic rings. The van der Waals surface area contributed by atoms with Crippen molar-refractivity contribution < 1.29 is 9.47 Å². The molecule has 1 N–H and O–H groups in total. The fraction of sp³-hybridized carbons (Fsp3) is 0.667. The second kappa shape index (κ2) is 9.06. The molecule has 0 spiro atoms. The van der Waals surface area contributed by atoms with Gasteiger partial charge in [-0.05, 0) is 49.9 Å². The highest BCUT2D eigenvalue weighted by atomic mass is 16.5. The molecule has 1 aromatic carbocycles. The highest BCUT2D eigenvalue weighted by Gasteiger charge is 2.16. The summed E-state index contributed by atoms with van der Waals surface area (Å²) >= 11 is 0. The topological polar surface area (TPSA) is 30.5 Å². The van der Waals surface area contributed by atoms with E-state index in [2.05, 4.69) is 43.4 Å². The average molecular weight is 291 g/mol. The van der Waals surface area contributed by atoms with Crippen molar-refractivity contribution in [2.24, 2.45) is 0 Å². The van der Waals surface area contributed by atoms with E-state index in [-0.39, 0.29) is 6.10 Å². The Morgan fingerprint density at radius 2 is 2.10 bits per heavy atom. The van der Waals surface area contributed by atoms with E-state index in [1.54, 1.807) is 0 Å². The van der Waals surface area contributed by atoms with Crippen molar-refractivity contribution in [3.8, 4) is 5.75 Å². The molecule has 1 aliphatic heterocycles. The molecule has 1 saturated heterocycles. The first-order valence-electron chi connectivity index (χ1n) is 8.41. The minimum Gasteiger partial charge on any atom is -0.491 e. The zero-order chi connectivity index (χ0) is 14.9. The van der Waals surface area contributed by atoms with Crippen LogP contribution in [0.1, 0.15) is 57.6 Å². The lowest BCUT2D eigenvalue weighted by Gasteiger charge is -2.18. The third-order valence-corrected chi connectivity index (χ3v) is 4.07. The summed E-state index contributed by atoms with van der Waals surface area (Å²) in [4.78, 5) is 0. The number of unbranched alkanes of at least 4 members (excludes halogenated alkanes) is 1. The molecule has 0 saturated carbocycles. The molecule has 0 aromatic heterocycles. The molecule has 0 bridgehead atoms. The van der Waals surface area contributed by atoms with Crippen molar-refractivity contribution in [3.63, 3.8) is 0 Å². The van der Waals surface area contributed by atoms with Crippen molar-refractivity contribution in [2.75, 3.05) is 19.8 Å². The summed E-state index contributed by atoms with van der Waals surface area (Å²) in [5.74, 6) is 0.942. The third kappa shape index (κ3) is 5.33. The van der Waals surface area contributed by atoms with Gasteiger partial charge < -0.3 is 14.8 Å². The zero-order valence-corrected chi connectivity index (χ0v) is 13.4. The van der Waals surface area contributed by atoms with Crippen LogP contribution in [0.3, 0.4) is 0 Å². The van der Waals surface area contributed by atoms with E-state index in [4.69, 9.17) is 9.47 Å². The Labute approximate surface area is 129 Å². The van der Waals surface area contributed by atoms with Gasteiger partial charge in [-0.1, -0.05) is 32.4 Å². The van der Waals surface area contributed by atoms with Crippen molar-refractivity contribution in [1.29, 1.82) is 0 Å². The lowest BCUT2D eigenvalue weighted by atomic mass is 10.0. The number of nitrogens with one attached hydrogen (secondary N) is 1. The smallest absolute Gasteiger partial charge is 0.119 e. The maximum Gasteiger partial charge on any atom is 0.119 e. The summed E-state index contributed by atoms with van der Waals surface area (Å²) in [5, 5.41) is 3.62. The molecule has 0 radical (unpaired) electrons. The van der Waals surface area contributed by atoms with Gasteiger partial charge in [0.2, 0.25) is 0 Å². The van der Waals surface area contributed by atoms with Crippen molar-refractivity contribution in [2.45, 2.75) is 58.1 Å². The predicted octanol–water partition coefficient (Wildman–Crippen LogP) is 4.09. The van der Waals surface area contributed by atoms with Crippen LogP contribution in [0, 0.1) is 0 Å². The third-order valence-electron chi connectivity index (χ3n) is 4.07. The molecule has 118 valence electrons. The molecule has 1 aliphatic rings. The fourth-order valence-electron chi connectivity index (χ4n) is 2.71. The van der Waals surface area contributed by atoms with Crippen LogP contribution in [0.2, 0.25) is 0 Å². The monoisotopic (exact) mass is 291 g/mol. The van der Waals surface area contributed by atoms with Crippen molar-refractivity contribution >= 4 is 0 Å². The van der Waals surface area contributed by atoms with Gasteiger partial charge in [0, 0.05) is 12.6 Å². The van der Waals surface area contributed by atoms with Crippen LogP contribution >= 0.6 is 0 Å². The van der Waals surface area contributed by atoms with Crippen LogP contribution in [0.25, 0.3) is 0 Å². The molecule has 21 heavy (non-hydrogen) atoms. The average Bonchev–Trinajstić information content (AvgIpc) is 3.04. The molecule has 1 fully saturated rings. The van der Waals surface area contributed by atoms with Gasteiger partial charge in [0.25, 0.3) is 0 Å². The summed E-state index contributed by atoms with van der Waals surface area (Å²) in [7, 11) is 0. The van der Waals surface area contributed by atoms with Gasteiger partial charge in [0.05, 0.1) is 6.10 Å². The number of ether oxygens (including phenoxy) is 2. The summed E-state index contributed by atoms with van der Waals surface area (Å²) in [6.45, 7) is 7.10. The van der Waals surface area contributed by atoms with E-state index in [9.17, 15) is 0 Å². The molecule has 2 atom stereocenters. The summed E-state index contributed by atoms with van der Waals surface area (Å²) < 4.78 is 11.4. The lowest BCUT2D eigenvalue weighted by Crippen LogP contribution is -2.21. The van der Waals surface area contributed by atoms with Gasteiger partial charge >= 0.3 is 0 Å². The van der Waals surface area contributed by atoms with Gasteiger partial charge in [-0.15, -0.1) is 0 Å². The Kier molecular flexibility index (Phi) is 7.04. The summed E-state index contributed by atoms with van der Waals surface area (Å²) in [6, 6.07) is 8.96. The number of hydrogen-bond donors (Lipinski definition) is 1. The summed E-state index contributed by atoms with van der Waals surface area (Å²) in [5.41, 5.74) is 1.35. The first-order chi connectivity index (χ1) is 10.3. The lowest BCUT2D eigenvalue weighted by molar-refractivity contribution is 0.0679. The quantitative estimate of drug-likeness (QED) is 0.695. The highest BCUT2D eigenvalue weighted by molar-refractivity contribution is 5.29. The van der Waals surface area contributed by atoms with E-state index in [0.717, 1.165) is 38.2 Å². The van der Waals surface area contributed by atoms with Crippen LogP contribution in [0.5, 0.6) is 5.75 Å². The van der Waals surface area contributed by atoms with Crippen LogP contribution < -0.4 is 10.1 Å². The highest BCUT2D eigenvalue weighted by Crippen LogP contribution is 2.21. The predicted molar refractivity (Wildman–Crippen MR) is 86.9 cm³/mol. The van der Waals surface area contributed by atoms with Gasteiger partial charge in [-0.3, -0.25) is 0 Å². The van der Waals surface area contributed by atoms with Gasteiger partial charge in [-0.2, -0.15) is 0 Å². The standard InChI is InChI=1S/C18H29NO2/c1-3-5-12-19-18(4-2)15-8-10-16(11-9-15)21-14-17-7-6-13-20-17/h8-11,17-19H,3-7,12-14H2,1-2H3. The van der Waals surface area contributed by atoms with Crippen LogP contribution in [0.15, 0.2) is 24.3 Å². The Hall–Kier alpha value is -1.06. The van der Waals surface area contributed by atoms with Crippen LogP contribution in [0.4, 0.5) is 0 Å². The SMILES string of the molecule is CCCCNC(CC)c1ccc(OCC2CCCO2)cc1. The molecule has 2 unspecified atom stereocenters. The molecule has 3 nitrogen and oxygen atoms in total. The zero-order valence-electron chi connectivity index (χ0n) is 13.4. The molecule has 0 amide bonds. The first-order valence-corrected chi connectivity index (χ1v) is 8.41. The molecular formula is C18H29NO2. The Morgan fingerprint density at radius 3 is 2.71 bits per heavy atom. The normalized spacial score (nSPS) is 19.6. The Bertz CT molecular complexity index is 385. The van der Waals surface area contributed by atoms with E-state index in [1.807, 2.05) is 0 Å². The molecule has 2 rings (SSSR count). The van der Waals surface area contributed by atoms with Crippen molar-refractivity contribution in [3.05, 3.63) is 29.8 Å². The number of rotatable bonds is 9. The van der Waals surface area contributed by atoms with Gasteiger partial charge in [0.1, 0.15) is 12.4 Å². The first kappa shape index (κ1) is 16.3. The van der Waals surface area contributed by atoms with Crippen molar-refractivity contribution in [1.82, 2.24) is 5.32 Å². The molecule has 3 heteroatoms. The molecule has 1 heterocycles. The molecule has 0 aliphatic carbocycles. The maximum atomic E-state index is 5.81. The molecular weight excluding hydrogens is 262 g/mol. The fourth-order valence-corrected chi connectivity index (χ4v) is 2.71. The van der Waals surface area contributed by atoms with E-state index in [1.165, 1.54) is 18.4 Å². The minimum atomic E-state index is 0.281. The second-order valence-electron chi connectivity index (χ2n) is 5.78. The minimum absolute atomic E-state index is 0.281. The van der Waals surface area contributed by atoms with Gasteiger partial charge in [0.15, 0.2) is 0 Å². The largest absolute Gasteiger partial charge is 0.491 e. The number of benzene rings is 1. The van der Waals surface area contributed by atoms with Gasteiger partial charge in [-0.25, -0.2) is 0 Å². The second-order valence-corrected chi connectivity index (χ2v) is 5.78. The van der Waals surface area contributed by atoms with E-state index in [0.29, 0.717) is 12.6 Å². The summed E-state index contributed by atoms with van der Waals surface area (Å²) in [6.07, 6.45) is 6.15. The Morgan fingerprint density at radius 1 is 1.29 bits per heavy atom. The van der Waals surface area contributed by atoms with E-state index >= 15 is 0 Å². The maximum absolute atomic E-state index is 5.81. The van der Waals surface area contributed by atoms with Crippen LogP contribution in [-0.2, 0) is 4.74 Å². The van der Waals surface area contributed by atoms with Crippen LogP contribution in [-0.4, -0.2) is 25.9 Å².